The Bertz CT molecular complexity index is 862. The van der Waals surface area contributed by atoms with E-state index in [2.05, 4.69) is 10.3 Å². The van der Waals surface area contributed by atoms with Crippen LogP contribution in [0.2, 0.25) is 0 Å². The Kier molecular flexibility index (Phi) is 7.25. The van der Waals surface area contributed by atoms with E-state index in [0.29, 0.717) is 35.7 Å². The molecule has 3 rings (SSSR count). The van der Waals surface area contributed by atoms with Gasteiger partial charge in [0.2, 0.25) is 0 Å². The number of hydrogen-bond donors (Lipinski definition) is 3. The summed E-state index contributed by atoms with van der Waals surface area (Å²) in [6.45, 7) is 2.10. The molecule has 0 spiro atoms. The minimum Gasteiger partial charge on any atom is -0.497 e. The van der Waals surface area contributed by atoms with Gasteiger partial charge < -0.3 is 25.0 Å². The summed E-state index contributed by atoms with van der Waals surface area (Å²) < 4.78 is 11.3. The van der Waals surface area contributed by atoms with Crippen LogP contribution in [0.3, 0.4) is 0 Å². The molecule has 8 heteroatoms. The van der Waals surface area contributed by atoms with Crippen LogP contribution in [0.25, 0.3) is 0 Å². The number of nitrogens with zero attached hydrogens (tertiary/aromatic N) is 2. The lowest BCUT2D eigenvalue weighted by Crippen LogP contribution is -2.52. The number of hydrogen-bond acceptors (Lipinski definition) is 7. The van der Waals surface area contributed by atoms with Crippen LogP contribution in [-0.4, -0.2) is 77.6 Å². The van der Waals surface area contributed by atoms with Gasteiger partial charge in [-0.05, 0) is 38.2 Å². The molecule has 3 N–H and O–H groups in total. The Morgan fingerprint density at radius 3 is 2.77 bits per heavy atom. The first-order valence-corrected chi connectivity index (χ1v) is 9.97. The Labute approximate surface area is 176 Å². The van der Waals surface area contributed by atoms with Gasteiger partial charge in [-0.1, -0.05) is 6.07 Å². The fraction of sp³-hybridized carbons (Fsp3) is 0.455. The predicted molar refractivity (Wildman–Crippen MR) is 112 cm³/mol. The van der Waals surface area contributed by atoms with Crippen LogP contribution in [0.4, 0.5) is 0 Å². The largest absolute Gasteiger partial charge is 0.497 e. The second-order valence-corrected chi connectivity index (χ2v) is 7.47. The molecule has 4 atom stereocenters. The molecule has 0 aliphatic heterocycles. The van der Waals surface area contributed by atoms with Gasteiger partial charge in [0.1, 0.15) is 23.7 Å². The van der Waals surface area contributed by atoms with Crippen LogP contribution < -0.4 is 14.8 Å². The van der Waals surface area contributed by atoms with Gasteiger partial charge in [0.05, 0.1) is 31.4 Å². The van der Waals surface area contributed by atoms with Gasteiger partial charge in [-0.25, -0.2) is 0 Å². The van der Waals surface area contributed by atoms with E-state index >= 15 is 0 Å². The molecule has 1 amide bonds. The molecule has 8 nitrogen and oxygen atoms in total. The summed E-state index contributed by atoms with van der Waals surface area (Å²) in [5.41, 5.74) is 1.13. The third-order valence-corrected chi connectivity index (χ3v) is 5.49. The molecule has 2 aromatic rings. The molecule has 1 heterocycles. The zero-order valence-electron chi connectivity index (χ0n) is 17.5. The minimum absolute atomic E-state index is 0.0521. The van der Waals surface area contributed by atoms with Crippen molar-refractivity contribution < 1.29 is 24.5 Å². The Morgan fingerprint density at radius 1 is 1.30 bits per heavy atom. The molecule has 1 aliphatic carbocycles. The number of aryl methyl sites for hydroxylation is 1. The third kappa shape index (κ3) is 4.89. The number of likely N-dealkylation sites (N-methyl/N-ethyl adjacent to an activating group) is 1. The number of amides is 1. The molecule has 0 saturated heterocycles. The van der Waals surface area contributed by atoms with E-state index in [-0.39, 0.29) is 18.6 Å². The first kappa shape index (κ1) is 22.0. The van der Waals surface area contributed by atoms with Crippen molar-refractivity contribution in [3.63, 3.8) is 0 Å². The third-order valence-electron chi connectivity index (χ3n) is 5.49. The average molecular weight is 415 g/mol. The highest BCUT2D eigenvalue weighted by Gasteiger charge is 2.46. The second kappa shape index (κ2) is 9.88. The van der Waals surface area contributed by atoms with Gasteiger partial charge in [-0.2, -0.15) is 0 Å². The Hall–Kier alpha value is -2.68. The van der Waals surface area contributed by atoms with Gasteiger partial charge in [0.15, 0.2) is 0 Å². The minimum atomic E-state index is -0.854. The van der Waals surface area contributed by atoms with Crippen molar-refractivity contribution in [2.75, 3.05) is 27.3 Å². The molecular weight excluding hydrogens is 386 g/mol. The lowest BCUT2D eigenvalue weighted by Gasteiger charge is -2.31. The fourth-order valence-corrected chi connectivity index (χ4v) is 3.94. The molecule has 1 aliphatic rings. The normalized spacial score (nSPS) is 23.4. The number of aliphatic hydroxyl groups excluding tert-OH is 2. The first-order chi connectivity index (χ1) is 14.4. The summed E-state index contributed by atoms with van der Waals surface area (Å²) in [4.78, 5) is 18.9. The molecule has 1 aromatic carbocycles. The van der Waals surface area contributed by atoms with Gasteiger partial charge in [-0.3, -0.25) is 14.7 Å². The number of ether oxygens (including phenoxy) is 2. The summed E-state index contributed by atoms with van der Waals surface area (Å²) >= 11 is 0. The SMILES string of the molecule is COc1cccc(O[C@@H]2C[C@@H](NC(=O)c3cccnc3C)[C@H](N(C)CCO)[C@H]2O)c1. The van der Waals surface area contributed by atoms with Crippen LogP contribution >= 0.6 is 0 Å². The van der Waals surface area contributed by atoms with E-state index in [9.17, 15) is 15.0 Å². The van der Waals surface area contributed by atoms with Crippen molar-refractivity contribution in [1.29, 1.82) is 0 Å². The highest BCUT2D eigenvalue weighted by molar-refractivity contribution is 5.95. The van der Waals surface area contributed by atoms with Crippen molar-refractivity contribution in [3.8, 4) is 11.5 Å². The van der Waals surface area contributed by atoms with E-state index in [4.69, 9.17) is 9.47 Å². The van der Waals surface area contributed by atoms with Crippen molar-refractivity contribution >= 4 is 5.91 Å². The van der Waals surface area contributed by atoms with Crippen molar-refractivity contribution in [1.82, 2.24) is 15.2 Å². The highest BCUT2D eigenvalue weighted by Crippen LogP contribution is 2.30. The molecule has 1 aromatic heterocycles. The molecular formula is C22H29N3O5. The molecule has 0 unspecified atom stereocenters. The maximum atomic E-state index is 12.8. The number of aliphatic hydroxyl groups is 2. The van der Waals surface area contributed by atoms with Crippen LogP contribution in [0, 0.1) is 6.92 Å². The van der Waals surface area contributed by atoms with E-state index < -0.39 is 18.2 Å². The molecule has 0 radical (unpaired) electrons. The zero-order valence-corrected chi connectivity index (χ0v) is 17.5. The lowest BCUT2D eigenvalue weighted by atomic mass is 10.1. The van der Waals surface area contributed by atoms with Gasteiger partial charge in [0, 0.05) is 30.9 Å². The number of aromatic nitrogens is 1. The van der Waals surface area contributed by atoms with Crippen molar-refractivity contribution in [2.24, 2.45) is 0 Å². The van der Waals surface area contributed by atoms with Crippen molar-refractivity contribution in [3.05, 3.63) is 53.9 Å². The van der Waals surface area contributed by atoms with Crippen LogP contribution in [-0.2, 0) is 0 Å². The molecule has 162 valence electrons. The Balaban J connectivity index is 1.79. The number of carbonyl (C=O) groups is 1. The summed E-state index contributed by atoms with van der Waals surface area (Å²) in [7, 11) is 3.39. The number of benzene rings is 1. The smallest absolute Gasteiger partial charge is 0.253 e. The topological polar surface area (TPSA) is 104 Å². The number of methoxy groups -OCH3 is 1. The van der Waals surface area contributed by atoms with Crippen molar-refractivity contribution in [2.45, 2.75) is 37.6 Å². The van der Waals surface area contributed by atoms with Gasteiger partial charge in [-0.15, -0.1) is 0 Å². The zero-order chi connectivity index (χ0) is 21.7. The van der Waals surface area contributed by atoms with E-state index in [1.54, 1.807) is 44.5 Å². The van der Waals surface area contributed by atoms with Crippen LogP contribution in [0.1, 0.15) is 22.5 Å². The first-order valence-electron chi connectivity index (χ1n) is 9.97. The number of nitrogens with one attached hydrogen (secondary N) is 1. The van der Waals surface area contributed by atoms with Crippen LogP contribution in [0.5, 0.6) is 11.5 Å². The summed E-state index contributed by atoms with van der Waals surface area (Å²) in [6.07, 6.45) is 0.682. The summed E-state index contributed by atoms with van der Waals surface area (Å²) in [5, 5.41) is 23.4. The average Bonchev–Trinajstić information content (AvgIpc) is 3.03. The number of rotatable bonds is 8. The fourth-order valence-electron chi connectivity index (χ4n) is 3.94. The standard InChI is InChI=1S/C22H29N3O5/c1-14-17(8-5-9-23-14)22(28)24-18-13-19(21(27)20(18)25(2)10-11-26)30-16-7-4-6-15(12-16)29-3/h4-9,12,18-21,26-27H,10-11,13H2,1-3H3,(H,24,28)/t18-,19-,20+,21+/m1/s1. The summed E-state index contributed by atoms with van der Waals surface area (Å²) in [6, 6.07) is 9.85. The maximum Gasteiger partial charge on any atom is 0.253 e. The quantitative estimate of drug-likeness (QED) is 0.591. The second-order valence-electron chi connectivity index (χ2n) is 7.47. The highest BCUT2D eigenvalue weighted by atomic mass is 16.5. The lowest BCUT2D eigenvalue weighted by molar-refractivity contribution is 0.0109. The predicted octanol–water partition coefficient (Wildman–Crippen LogP) is 1.00. The van der Waals surface area contributed by atoms with Gasteiger partial charge >= 0.3 is 0 Å². The number of carbonyl (C=O) groups excluding carboxylic acids is 1. The van der Waals surface area contributed by atoms with E-state index in [0.717, 1.165) is 0 Å². The molecule has 1 fully saturated rings. The van der Waals surface area contributed by atoms with Gasteiger partial charge in [0.25, 0.3) is 5.91 Å². The molecule has 0 bridgehead atoms. The monoisotopic (exact) mass is 415 g/mol. The van der Waals surface area contributed by atoms with E-state index in [1.165, 1.54) is 0 Å². The maximum absolute atomic E-state index is 12.8. The number of pyridine rings is 1. The molecule has 30 heavy (non-hydrogen) atoms. The van der Waals surface area contributed by atoms with Crippen LogP contribution in [0.15, 0.2) is 42.6 Å². The summed E-state index contributed by atoms with van der Waals surface area (Å²) in [5.74, 6) is 0.991. The van der Waals surface area contributed by atoms with E-state index in [1.807, 2.05) is 24.1 Å². The Morgan fingerprint density at radius 2 is 2.07 bits per heavy atom. The molecule has 1 saturated carbocycles.